The van der Waals surface area contributed by atoms with Crippen LogP contribution in [0.3, 0.4) is 0 Å². The van der Waals surface area contributed by atoms with Crippen molar-refractivity contribution in [3.63, 3.8) is 0 Å². The maximum absolute atomic E-state index is 12.9. The predicted molar refractivity (Wildman–Crippen MR) is 107 cm³/mol. The van der Waals surface area contributed by atoms with Crippen LogP contribution < -0.4 is 4.72 Å². The lowest BCUT2D eigenvalue weighted by Crippen LogP contribution is -2.47. The molecule has 3 rings (SSSR count). The zero-order valence-corrected chi connectivity index (χ0v) is 17.4. The maximum Gasteiger partial charge on any atom is 0.240 e. The summed E-state index contributed by atoms with van der Waals surface area (Å²) in [4.78, 5) is 15.1. The second kappa shape index (κ2) is 7.40. The van der Waals surface area contributed by atoms with Gasteiger partial charge in [-0.15, -0.1) is 0 Å². The average molecular weight is 391 g/mol. The third-order valence-corrected chi connectivity index (χ3v) is 7.41. The van der Waals surface area contributed by atoms with Gasteiger partial charge in [-0.05, 0) is 50.2 Å². The van der Waals surface area contributed by atoms with Crippen LogP contribution in [0.2, 0.25) is 0 Å². The molecule has 6 heteroatoms. The van der Waals surface area contributed by atoms with Crippen LogP contribution in [0.4, 0.5) is 0 Å². The van der Waals surface area contributed by atoms with E-state index in [-0.39, 0.29) is 28.2 Å². The van der Waals surface area contributed by atoms with Gasteiger partial charge in [-0.1, -0.05) is 43.7 Å². The zero-order chi connectivity index (χ0) is 19.8. The fourth-order valence-corrected chi connectivity index (χ4v) is 5.45. The molecule has 0 unspecified atom stereocenters. The average Bonchev–Trinajstić information content (AvgIpc) is 3.14. The molecule has 1 aliphatic heterocycles. The van der Waals surface area contributed by atoms with Crippen molar-refractivity contribution in [2.45, 2.75) is 51.5 Å². The quantitative estimate of drug-likeness (QED) is 0.785. The number of allylic oxidation sites excluding steroid dienone is 2. The summed E-state index contributed by atoms with van der Waals surface area (Å²) >= 11 is 0. The highest BCUT2D eigenvalue weighted by Crippen LogP contribution is 2.60. The van der Waals surface area contributed by atoms with Crippen molar-refractivity contribution in [2.24, 2.45) is 17.3 Å². The van der Waals surface area contributed by atoms with Gasteiger partial charge in [-0.2, -0.15) is 0 Å². The topological polar surface area (TPSA) is 66.5 Å². The molecule has 148 valence electrons. The second-order valence-electron chi connectivity index (χ2n) is 8.60. The number of rotatable bonds is 5. The highest BCUT2D eigenvalue weighted by atomic mass is 32.2. The molecule has 2 fully saturated rings. The van der Waals surface area contributed by atoms with E-state index in [9.17, 15) is 13.2 Å². The second-order valence-corrected chi connectivity index (χ2v) is 10.3. The Morgan fingerprint density at radius 1 is 1.15 bits per heavy atom. The van der Waals surface area contributed by atoms with Gasteiger partial charge in [-0.25, -0.2) is 13.1 Å². The van der Waals surface area contributed by atoms with Crippen molar-refractivity contribution in [1.82, 2.24) is 9.62 Å². The number of piperidine rings is 1. The van der Waals surface area contributed by atoms with E-state index >= 15 is 0 Å². The minimum absolute atomic E-state index is 0.0140. The number of nitrogens with zero attached hydrogens (tertiary/aromatic N) is 1. The molecule has 0 spiro atoms. The van der Waals surface area contributed by atoms with Gasteiger partial charge in [0, 0.05) is 19.1 Å². The normalized spacial score (nSPS) is 25.1. The van der Waals surface area contributed by atoms with Gasteiger partial charge in [0.25, 0.3) is 0 Å². The summed E-state index contributed by atoms with van der Waals surface area (Å²) in [5.74, 6) is 0.570. The number of hydrogen-bond acceptors (Lipinski definition) is 3. The van der Waals surface area contributed by atoms with Gasteiger partial charge < -0.3 is 4.90 Å². The fourth-order valence-electron chi connectivity index (χ4n) is 4.12. The molecule has 5 nitrogen and oxygen atoms in total. The molecule has 1 N–H and O–H groups in total. The predicted octanol–water partition coefficient (Wildman–Crippen LogP) is 3.19. The number of likely N-dealkylation sites (tertiary alicyclic amines) is 1. The van der Waals surface area contributed by atoms with Crippen LogP contribution in [0.25, 0.3) is 0 Å². The summed E-state index contributed by atoms with van der Waals surface area (Å²) < 4.78 is 27.7. The minimum atomic E-state index is -3.50. The minimum Gasteiger partial charge on any atom is -0.342 e. The molecular formula is C21H30N2O3S. The highest BCUT2D eigenvalue weighted by molar-refractivity contribution is 7.89. The molecule has 1 aliphatic carbocycles. The van der Waals surface area contributed by atoms with Crippen molar-refractivity contribution in [3.05, 3.63) is 42.0 Å². The Kier molecular flexibility index (Phi) is 5.50. The number of sulfonamides is 1. The molecule has 1 aromatic rings. The molecule has 1 saturated carbocycles. The number of hydrogen-bond donors (Lipinski definition) is 1. The lowest BCUT2D eigenvalue weighted by Gasteiger charge is -2.32. The first-order chi connectivity index (χ1) is 12.6. The van der Waals surface area contributed by atoms with Gasteiger partial charge >= 0.3 is 0 Å². The van der Waals surface area contributed by atoms with E-state index in [2.05, 4.69) is 38.5 Å². The SMILES string of the molecule is CC(C)=C[C@@H]1[C@@H](C(=O)N2CCC(NS(=O)(=O)c3ccccc3)CC2)C1(C)C. The molecule has 2 aliphatic rings. The Morgan fingerprint density at radius 2 is 1.74 bits per heavy atom. The number of carbonyl (C=O) groups excluding carboxylic acids is 1. The van der Waals surface area contributed by atoms with E-state index in [4.69, 9.17) is 0 Å². The van der Waals surface area contributed by atoms with Crippen LogP contribution in [0, 0.1) is 17.3 Å². The third kappa shape index (κ3) is 4.27. The molecule has 0 aromatic heterocycles. The van der Waals surface area contributed by atoms with E-state index in [1.165, 1.54) is 5.57 Å². The van der Waals surface area contributed by atoms with Gasteiger partial charge in [0.05, 0.1) is 10.8 Å². The van der Waals surface area contributed by atoms with Crippen molar-refractivity contribution in [1.29, 1.82) is 0 Å². The van der Waals surface area contributed by atoms with Gasteiger partial charge in [0.2, 0.25) is 15.9 Å². The molecule has 1 aromatic carbocycles. The summed E-state index contributed by atoms with van der Waals surface area (Å²) in [7, 11) is -3.50. The van der Waals surface area contributed by atoms with Crippen molar-refractivity contribution < 1.29 is 13.2 Å². The Morgan fingerprint density at radius 3 is 2.30 bits per heavy atom. The van der Waals surface area contributed by atoms with Crippen molar-refractivity contribution in [3.8, 4) is 0 Å². The monoisotopic (exact) mass is 390 g/mol. The zero-order valence-electron chi connectivity index (χ0n) is 16.6. The van der Waals surface area contributed by atoms with Gasteiger partial charge in [0.15, 0.2) is 0 Å². The first kappa shape index (κ1) is 20.1. The van der Waals surface area contributed by atoms with E-state index in [1.807, 2.05) is 4.90 Å². The lowest BCUT2D eigenvalue weighted by atomic mass is 10.0. The standard InChI is InChI=1S/C21H30N2O3S/c1-15(2)14-18-19(21(18,3)4)20(24)23-12-10-16(11-13-23)22-27(25,26)17-8-6-5-7-9-17/h5-9,14,16,18-19,22H,10-13H2,1-4H3/t18-,19+/m1/s1. The molecule has 1 saturated heterocycles. The van der Waals surface area contributed by atoms with Crippen LogP contribution in [-0.4, -0.2) is 38.4 Å². The highest BCUT2D eigenvalue weighted by Gasteiger charge is 2.61. The summed E-state index contributed by atoms with van der Waals surface area (Å²) in [6.07, 6.45) is 3.51. The van der Waals surface area contributed by atoms with Crippen LogP contribution >= 0.6 is 0 Å². The lowest BCUT2D eigenvalue weighted by molar-refractivity contribution is -0.134. The Balaban J connectivity index is 1.57. The Hall–Kier alpha value is -1.66. The van der Waals surface area contributed by atoms with Gasteiger partial charge in [0.1, 0.15) is 0 Å². The Bertz CT molecular complexity index is 818. The molecule has 1 heterocycles. The summed E-state index contributed by atoms with van der Waals surface area (Å²) in [6.45, 7) is 9.66. The van der Waals surface area contributed by atoms with Crippen molar-refractivity contribution in [2.75, 3.05) is 13.1 Å². The Labute approximate surface area is 162 Å². The number of carbonyl (C=O) groups is 1. The maximum atomic E-state index is 12.9. The smallest absolute Gasteiger partial charge is 0.240 e. The van der Waals surface area contributed by atoms with Crippen LogP contribution in [0.15, 0.2) is 46.9 Å². The number of nitrogens with one attached hydrogen (secondary N) is 1. The van der Waals surface area contributed by atoms with E-state index in [0.29, 0.717) is 31.8 Å². The van der Waals surface area contributed by atoms with E-state index < -0.39 is 10.0 Å². The summed E-state index contributed by atoms with van der Waals surface area (Å²) in [5, 5.41) is 0. The van der Waals surface area contributed by atoms with Crippen LogP contribution in [0.5, 0.6) is 0 Å². The van der Waals surface area contributed by atoms with E-state index in [1.54, 1.807) is 30.3 Å². The van der Waals surface area contributed by atoms with Gasteiger partial charge in [-0.3, -0.25) is 4.79 Å². The van der Waals surface area contributed by atoms with E-state index in [0.717, 1.165) is 0 Å². The first-order valence-corrected chi connectivity index (χ1v) is 11.1. The summed E-state index contributed by atoms with van der Waals surface area (Å²) in [5.41, 5.74) is 1.26. The molecular weight excluding hydrogens is 360 g/mol. The largest absolute Gasteiger partial charge is 0.342 e. The molecule has 27 heavy (non-hydrogen) atoms. The van der Waals surface area contributed by atoms with Crippen molar-refractivity contribution >= 4 is 15.9 Å². The fraction of sp³-hybridized carbons (Fsp3) is 0.571. The van der Waals surface area contributed by atoms with Crippen LogP contribution in [-0.2, 0) is 14.8 Å². The third-order valence-electron chi connectivity index (χ3n) is 5.87. The summed E-state index contributed by atoms with van der Waals surface area (Å²) in [6, 6.07) is 8.30. The van der Waals surface area contributed by atoms with Crippen LogP contribution in [0.1, 0.15) is 40.5 Å². The first-order valence-electron chi connectivity index (χ1n) is 9.64. The number of benzene rings is 1. The molecule has 0 bridgehead atoms. The molecule has 0 radical (unpaired) electrons. The number of amides is 1. The molecule has 2 atom stereocenters. The molecule has 1 amide bonds.